The smallest absolute Gasteiger partial charge is 0.261 e. The molecule has 3 heterocycles. The summed E-state index contributed by atoms with van der Waals surface area (Å²) < 4.78 is 5.35. The van der Waals surface area contributed by atoms with E-state index in [-0.39, 0.29) is 12.5 Å². The lowest BCUT2D eigenvalue weighted by Crippen LogP contribution is -2.40. The molecule has 1 atom stereocenters. The second-order valence-corrected chi connectivity index (χ2v) is 6.37. The van der Waals surface area contributed by atoms with E-state index in [0.717, 1.165) is 4.88 Å². The first-order valence-corrected chi connectivity index (χ1v) is 8.08. The van der Waals surface area contributed by atoms with E-state index in [2.05, 4.69) is 5.32 Å². The lowest BCUT2D eigenvalue weighted by atomic mass is 9.98. The summed E-state index contributed by atoms with van der Waals surface area (Å²) in [5.41, 5.74) is -1.36. The molecule has 2 N–H and O–H groups in total. The zero-order valence-electron chi connectivity index (χ0n) is 11.0. The van der Waals surface area contributed by atoms with Gasteiger partial charge in [0.05, 0.1) is 17.7 Å². The predicted octanol–water partition coefficient (Wildman–Crippen LogP) is 3.07. The Hall–Kier alpha value is -1.89. The molecule has 108 valence electrons. The van der Waals surface area contributed by atoms with E-state index in [9.17, 15) is 9.90 Å². The fourth-order valence-corrected chi connectivity index (χ4v) is 3.50. The highest BCUT2D eigenvalue weighted by atomic mass is 32.1. The van der Waals surface area contributed by atoms with Crippen LogP contribution in [0.2, 0.25) is 0 Å². The Labute approximate surface area is 129 Å². The van der Waals surface area contributed by atoms with E-state index in [1.54, 1.807) is 18.2 Å². The first-order valence-electron chi connectivity index (χ1n) is 6.32. The molecule has 0 saturated carbocycles. The number of amides is 1. The molecule has 0 spiro atoms. The summed E-state index contributed by atoms with van der Waals surface area (Å²) >= 11 is 2.78. The largest absolute Gasteiger partial charge is 0.466 e. The normalized spacial score (nSPS) is 13.8. The lowest BCUT2D eigenvalue weighted by Gasteiger charge is -2.25. The summed E-state index contributed by atoms with van der Waals surface area (Å²) in [7, 11) is 0. The Morgan fingerprint density at radius 2 is 2.00 bits per heavy atom. The van der Waals surface area contributed by atoms with Gasteiger partial charge in [-0.1, -0.05) is 12.1 Å². The third-order valence-electron chi connectivity index (χ3n) is 3.11. The molecule has 3 aromatic rings. The zero-order valence-corrected chi connectivity index (χ0v) is 12.6. The number of nitrogens with one attached hydrogen (secondary N) is 1. The fourth-order valence-electron chi connectivity index (χ4n) is 2.03. The van der Waals surface area contributed by atoms with Crippen LogP contribution in [0.5, 0.6) is 0 Å². The zero-order chi connectivity index (χ0) is 14.7. The van der Waals surface area contributed by atoms with E-state index in [1.165, 1.54) is 28.9 Å². The van der Waals surface area contributed by atoms with Crippen molar-refractivity contribution in [2.24, 2.45) is 0 Å². The molecule has 0 bridgehead atoms. The molecule has 3 rings (SSSR count). The van der Waals surface area contributed by atoms with E-state index in [1.807, 2.05) is 29.0 Å². The van der Waals surface area contributed by atoms with Crippen molar-refractivity contribution in [2.45, 2.75) is 5.60 Å². The molecule has 0 saturated heterocycles. The van der Waals surface area contributed by atoms with Crippen LogP contribution in [0.3, 0.4) is 0 Å². The first kappa shape index (κ1) is 14.1. The molecule has 3 aromatic heterocycles. The van der Waals surface area contributed by atoms with Crippen molar-refractivity contribution >= 4 is 28.6 Å². The van der Waals surface area contributed by atoms with E-state index < -0.39 is 5.60 Å². The summed E-state index contributed by atoms with van der Waals surface area (Å²) in [6.45, 7) is 0.0533. The Balaban J connectivity index is 1.83. The molecule has 0 aliphatic rings. The molecule has 0 aromatic carbocycles. The Morgan fingerprint density at radius 3 is 2.62 bits per heavy atom. The van der Waals surface area contributed by atoms with Crippen LogP contribution in [0.4, 0.5) is 0 Å². The van der Waals surface area contributed by atoms with E-state index >= 15 is 0 Å². The van der Waals surface area contributed by atoms with Crippen molar-refractivity contribution in [2.75, 3.05) is 6.54 Å². The quantitative estimate of drug-likeness (QED) is 0.760. The number of hydrogen-bond acceptors (Lipinski definition) is 5. The van der Waals surface area contributed by atoms with Gasteiger partial charge in [0.2, 0.25) is 0 Å². The monoisotopic (exact) mass is 319 g/mol. The van der Waals surface area contributed by atoms with E-state index in [4.69, 9.17) is 4.42 Å². The van der Waals surface area contributed by atoms with Gasteiger partial charge in [0.1, 0.15) is 5.76 Å². The second kappa shape index (κ2) is 5.85. The maximum Gasteiger partial charge on any atom is 0.261 e. The first-order chi connectivity index (χ1) is 10.2. The minimum atomic E-state index is -1.36. The van der Waals surface area contributed by atoms with Crippen molar-refractivity contribution < 1.29 is 14.3 Å². The molecule has 6 heteroatoms. The average molecular weight is 319 g/mol. The van der Waals surface area contributed by atoms with Crippen molar-refractivity contribution in [3.63, 3.8) is 0 Å². The number of carbonyl (C=O) groups excluding carboxylic acids is 1. The molecule has 21 heavy (non-hydrogen) atoms. The van der Waals surface area contributed by atoms with Crippen molar-refractivity contribution in [1.82, 2.24) is 5.32 Å². The number of thiophene rings is 2. The summed E-state index contributed by atoms with van der Waals surface area (Å²) in [6.07, 6.45) is 1.51. The van der Waals surface area contributed by atoms with Crippen LogP contribution in [-0.2, 0) is 5.60 Å². The van der Waals surface area contributed by atoms with Crippen LogP contribution in [0.15, 0.2) is 57.8 Å². The number of carbonyl (C=O) groups is 1. The number of hydrogen-bond donors (Lipinski definition) is 2. The lowest BCUT2D eigenvalue weighted by molar-refractivity contribution is 0.0555. The number of rotatable bonds is 5. The highest BCUT2D eigenvalue weighted by Crippen LogP contribution is 2.32. The van der Waals surface area contributed by atoms with Gasteiger partial charge in [-0.3, -0.25) is 4.79 Å². The van der Waals surface area contributed by atoms with Crippen LogP contribution in [0, 0.1) is 0 Å². The highest BCUT2D eigenvalue weighted by Gasteiger charge is 2.36. The van der Waals surface area contributed by atoms with Gasteiger partial charge >= 0.3 is 0 Å². The van der Waals surface area contributed by atoms with Gasteiger partial charge < -0.3 is 14.8 Å². The summed E-state index contributed by atoms with van der Waals surface area (Å²) in [6, 6.07) is 10.7. The molecule has 0 aliphatic heterocycles. The van der Waals surface area contributed by atoms with E-state index in [0.29, 0.717) is 10.6 Å². The minimum Gasteiger partial charge on any atom is -0.466 e. The Bertz CT molecular complexity index is 653. The van der Waals surface area contributed by atoms with Gasteiger partial charge in [0.15, 0.2) is 5.60 Å². The van der Waals surface area contributed by atoms with Crippen LogP contribution < -0.4 is 5.32 Å². The maximum atomic E-state index is 12.1. The molecular formula is C15H13NO3S2. The maximum absolute atomic E-state index is 12.1. The summed E-state index contributed by atoms with van der Waals surface area (Å²) in [4.78, 5) is 13.4. The van der Waals surface area contributed by atoms with Crippen molar-refractivity contribution in [3.8, 4) is 0 Å². The molecular weight excluding hydrogens is 306 g/mol. The average Bonchev–Trinajstić information content (AvgIpc) is 3.27. The molecule has 0 fully saturated rings. The summed E-state index contributed by atoms with van der Waals surface area (Å²) in [5.74, 6) is 0.211. The molecule has 4 nitrogen and oxygen atoms in total. The van der Waals surface area contributed by atoms with Crippen molar-refractivity contribution in [1.29, 1.82) is 0 Å². The molecule has 0 aliphatic carbocycles. The van der Waals surface area contributed by atoms with Crippen LogP contribution in [-0.4, -0.2) is 17.6 Å². The van der Waals surface area contributed by atoms with Gasteiger partial charge in [-0.05, 0) is 35.0 Å². The minimum absolute atomic E-state index is 0.0533. The molecule has 1 unspecified atom stereocenters. The van der Waals surface area contributed by atoms with Gasteiger partial charge in [-0.15, -0.1) is 22.7 Å². The number of aliphatic hydroxyl groups is 1. The van der Waals surface area contributed by atoms with Gasteiger partial charge in [0.25, 0.3) is 5.91 Å². The fraction of sp³-hybridized carbons (Fsp3) is 0.133. The topological polar surface area (TPSA) is 62.5 Å². The Kier molecular flexibility index (Phi) is 3.92. The SMILES string of the molecule is O=C(NCC(O)(c1ccco1)c1cccs1)c1cccs1. The predicted molar refractivity (Wildman–Crippen MR) is 82.7 cm³/mol. The van der Waals surface area contributed by atoms with Crippen LogP contribution >= 0.6 is 22.7 Å². The molecule has 1 amide bonds. The third kappa shape index (κ3) is 2.78. The van der Waals surface area contributed by atoms with Crippen LogP contribution in [0.1, 0.15) is 20.3 Å². The number of furan rings is 1. The molecule has 0 radical (unpaired) electrons. The van der Waals surface area contributed by atoms with Crippen molar-refractivity contribution in [3.05, 3.63) is 68.9 Å². The van der Waals surface area contributed by atoms with Gasteiger partial charge in [-0.2, -0.15) is 0 Å². The summed E-state index contributed by atoms with van der Waals surface area (Å²) in [5, 5.41) is 17.5. The van der Waals surface area contributed by atoms with Crippen LogP contribution in [0.25, 0.3) is 0 Å². The van der Waals surface area contributed by atoms with Gasteiger partial charge in [0, 0.05) is 4.88 Å². The Morgan fingerprint density at radius 1 is 1.19 bits per heavy atom. The van der Waals surface area contributed by atoms with Gasteiger partial charge in [-0.25, -0.2) is 0 Å². The highest BCUT2D eigenvalue weighted by molar-refractivity contribution is 7.12. The second-order valence-electron chi connectivity index (χ2n) is 4.47. The third-order valence-corrected chi connectivity index (χ3v) is 5.00. The standard InChI is InChI=1S/C15H13NO3S2/c17-14(11-4-2-8-20-11)16-10-15(18,12-5-1-7-19-12)13-6-3-9-21-13/h1-9,18H,10H2,(H,16,17).